The summed E-state index contributed by atoms with van der Waals surface area (Å²) in [6.45, 7) is 0. The van der Waals surface area contributed by atoms with Gasteiger partial charge in [0.2, 0.25) is 5.69 Å². The lowest BCUT2D eigenvalue weighted by atomic mass is 10.2. The molecule has 0 aliphatic carbocycles. The second-order valence-electron chi connectivity index (χ2n) is 3.70. The smallest absolute Gasteiger partial charge is 0.436 e. The molecular weight excluding hydrogens is 279 g/mol. The van der Waals surface area contributed by atoms with Crippen LogP contribution in [0.3, 0.4) is 0 Å². The molecule has 0 fully saturated rings. The number of nitrogens with zero attached hydrogens (tertiary/aromatic N) is 3. The number of rotatable bonds is 3. The van der Waals surface area contributed by atoms with Crippen molar-refractivity contribution in [3.8, 4) is 11.4 Å². The summed E-state index contributed by atoms with van der Waals surface area (Å²) in [7, 11) is 1.41. The lowest BCUT2D eigenvalue weighted by Crippen LogP contribution is -2.17. The Bertz CT molecular complexity index is 635. The Morgan fingerprint density at radius 3 is 2.35 bits per heavy atom. The molecule has 0 saturated heterocycles. The molecule has 0 amide bonds. The number of benzene rings is 1. The van der Waals surface area contributed by atoms with E-state index in [2.05, 4.69) is 10.3 Å². The molecule has 0 saturated carbocycles. The molecule has 20 heavy (non-hydrogen) atoms. The van der Waals surface area contributed by atoms with E-state index in [9.17, 15) is 18.0 Å². The van der Waals surface area contributed by atoms with Crippen molar-refractivity contribution in [1.29, 1.82) is 0 Å². The van der Waals surface area contributed by atoms with Crippen LogP contribution in [-0.2, 0) is 6.18 Å². The Morgan fingerprint density at radius 2 is 1.90 bits per heavy atom. The number of carboxylic acid groups (broad SMARTS) is 1. The van der Waals surface area contributed by atoms with Crippen LogP contribution >= 0.6 is 0 Å². The summed E-state index contributed by atoms with van der Waals surface area (Å²) in [5.74, 6) is -1.35. The van der Waals surface area contributed by atoms with Gasteiger partial charge in [-0.3, -0.25) is 0 Å². The van der Waals surface area contributed by atoms with Crippen molar-refractivity contribution in [1.82, 2.24) is 15.0 Å². The molecule has 9 heteroatoms. The van der Waals surface area contributed by atoms with Gasteiger partial charge in [-0.2, -0.15) is 13.2 Å². The Hall–Kier alpha value is -2.58. The average Bonchev–Trinajstić information content (AvgIpc) is 2.83. The quantitative estimate of drug-likeness (QED) is 0.934. The molecule has 6 nitrogen and oxygen atoms in total. The predicted molar refractivity (Wildman–Crippen MR) is 59.9 cm³/mol. The van der Waals surface area contributed by atoms with Gasteiger partial charge in [-0.1, -0.05) is 5.21 Å². The molecular formula is C11H8F3N3O3. The van der Waals surface area contributed by atoms with E-state index in [1.54, 1.807) is 0 Å². The molecule has 1 N–H and O–H groups in total. The lowest BCUT2D eigenvalue weighted by Gasteiger charge is -2.10. The fourth-order valence-electron chi connectivity index (χ4n) is 1.58. The summed E-state index contributed by atoms with van der Waals surface area (Å²) in [4.78, 5) is 10.8. The molecule has 1 aromatic carbocycles. The number of halogens is 3. The second kappa shape index (κ2) is 4.83. The van der Waals surface area contributed by atoms with E-state index in [0.717, 1.165) is 0 Å². The van der Waals surface area contributed by atoms with E-state index >= 15 is 0 Å². The van der Waals surface area contributed by atoms with E-state index in [1.807, 2.05) is 0 Å². The maximum atomic E-state index is 12.9. The number of carboxylic acids is 1. The summed E-state index contributed by atoms with van der Waals surface area (Å²) in [6, 6.07) is 5.48. The van der Waals surface area contributed by atoms with Crippen molar-refractivity contribution in [2.75, 3.05) is 7.11 Å². The van der Waals surface area contributed by atoms with Crippen LogP contribution in [-0.4, -0.2) is 33.2 Å². The SMILES string of the molecule is COc1ccc(-n2nnc(C(=O)O)c2C(F)(F)F)cc1. The van der Waals surface area contributed by atoms with Gasteiger partial charge in [0.15, 0.2) is 5.69 Å². The van der Waals surface area contributed by atoms with Crippen molar-refractivity contribution in [2.24, 2.45) is 0 Å². The summed E-state index contributed by atoms with van der Waals surface area (Å²) in [5.41, 5.74) is -2.55. The molecule has 0 atom stereocenters. The van der Waals surface area contributed by atoms with Crippen LogP contribution in [0, 0.1) is 0 Å². The summed E-state index contributed by atoms with van der Waals surface area (Å²) >= 11 is 0. The molecule has 0 radical (unpaired) electrons. The summed E-state index contributed by atoms with van der Waals surface area (Å²) in [5, 5.41) is 15.1. The molecule has 0 aliphatic heterocycles. The van der Waals surface area contributed by atoms with Gasteiger partial charge in [0.1, 0.15) is 5.75 Å². The monoisotopic (exact) mass is 287 g/mol. The van der Waals surface area contributed by atoms with Crippen LogP contribution in [0.4, 0.5) is 13.2 Å². The zero-order chi connectivity index (χ0) is 14.9. The number of hydrogen-bond donors (Lipinski definition) is 1. The van der Waals surface area contributed by atoms with Crippen LogP contribution < -0.4 is 4.74 Å². The van der Waals surface area contributed by atoms with Crippen molar-refractivity contribution in [2.45, 2.75) is 6.18 Å². The fraction of sp³-hybridized carbons (Fsp3) is 0.182. The first-order chi connectivity index (χ1) is 9.34. The normalized spacial score (nSPS) is 11.4. The topological polar surface area (TPSA) is 77.2 Å². The molecule has 106 valence electrons. The van der Waals surface area contributed by atoms with Crippen LogP contribution in [0.2, 0.25) is 0 Å². The standard InChI is InChI=1S/C11H8F3N3O3/c1-20-7-4-2-6(3-5-7)17-9(11(12,13)14)8(10(18)19)15-16-17/h2-5H,1H3,(H,18,19). The number of aromatic nitrogens is 3. The number of hydrogen-bond acceptors (Lipinski definition) is 4. The molecule has 0 bridgehead atoms. The van der Waals surface area contributed by atoms with Gasteiger partial charge in [0, 0.05) is 0 Å². The van der Waals surface area contributed by atoms with Crippen LogP contribution in [0.5, 0.6) is 5.75 Å². The number of aromatic carboxylic acids is 1. The van der Waals surface area contributed by atoms with Gasteiger partial charge in [0.25, 0.3) is 0 Å². The van der Waals surface area contributed by atoms with Gasteiger partial charge < -0.3 is 9.84 Å². The Morgan fingerprint density at radius 1 is 1.30 bits per heavy atom. The van der Waals surface area contributed by atoms with E-state index in [1.165, 1.54) is 31.4 Å². The highest BCUT2D eigenvalue weighted by molar-refractivity contribution is 5.86. The minimum Gasteiger partial charge on any atom is -0.497 e. The van der Waals surface area contributed by atoms with Crippen LogP contribution in [0.1, 0.15) is 16.2 Å². The maximum Gasteiger partial charge on any atom is 0.436 e. The van der Waals surface area contributed by atoms with Gasteiger partial charge in [-0.15, -0.1) is 5.10 Å². The highest BCUT2D eigenvalue weighted by atomic mass is 19.4. The highest BCUT2D eigenvalue weighted by Crippen LogP contribution is 2.32. The van der Waals surface area contributed by atoms with Gasteiger partial charge in [0.05, 0.1) is 12.8 Å². The van der Waals surface area contributed by atoms with E-state index in [4.69, 9.17) is 9.84 Å². The third kappa shape index (κ3) is 2.42. The van der Waals surface area contributed by atoms with Crippen LogP contribution in [0.25, 0.3) is 5.69 Å². The Labute approximate surface area is 110 Å². The third-order valence-electron chi connectivity index (χ3n) is 2.46. The minimum absolute atomic E-state index is 0.0260. The van der Waals surface area contributed by atoms with Crippen molar-refractivity contribution in [3.05, 3.63) is 35.7 Å². The lowest BCUT2D eigenvalue weighted by molar-refractivity contribution is -0.143. The average molecular weight is 287 g/mol. The van der Waals surface area contributed by atoms with Gasteiger partial charge >= 0.3 is 12.1 Å². The maximum absolute atomic E-state index is 12.9. The first-order valence-corrected chi connectivity index (χ1v) is 5.25. The van der Waals surface area contributed by atoms with Gasteiger partial charge in [-0.05, 0) is 24.3 Å². The molecule has 1 heterocycles. The van der Waals surface area contributed by atoms with Crippen molar-refractivity contribution >= 4 is 5.97 Å². The van der Waals surface area contributed by atoms with Crippen molar-refractivity contribution in [3.63, 3.8) is 0 Å². The molecule has 0 aliphatic rings. The van der Waals surface area contributed by atoms with Gasteiger partial charge in [-0.25, -0.2) is 9.48 Å². The number of alkyl halides is 3. The number of ether oxygens (including phenoxy) is 1. The fourth-order valence-corrected chi connectivity index (χ4v) is 1.58. The third-order valence-corrected chi connectivity index (χ3v) is 2.46. The second-order valence-corrected chi connectivity index (χ2v) is 3.70. The number of carbonyl (C=O) groups is 1. The molecule has 0 spiro atoms. The van der Waals surface area contributed by atoms with Crippen LogP contribution in [0.15, 0.2) is 24.3 Å². The molecule has 1 aromatic heterocycles. The minimum atomic E-state index is -4.89. The van der Waals surface area contributed by atoms with E-state index < -0.39 is 23.5 Å². The first kappa shape index (κ1) is 13.8. The van der Waals surface area contributed by atoms with E-state index in [0.29, 0.717) is 10.4 Å². The largest absolute Gasteiger partial charge is 0.497 e. The first-order valence-electron chi connectivity index (χ1n) is 5.25. The van der Waals surface area contributed by atoms with Crippen molar-refractivity contribution < 1.29 is 27.8 Å². The Kier molecular flexibility index (Phi) is 3.35. The molecule has 2 aromatic rings. The molecule has 0 unspecified atom stereocenters. The Balaban J connectivity index is 2.59. The molecule has 2 rings (SSSR count). The summed E-state index contributed by atoms with van der Waals surface area (Å²) < 4.78 is 44.2. The van der Waals surface area contributed by atoms with E-state index in [-0.39, 0.29) is 5.69 Å². The predicted octanol–water partition coefficient (Wildman–Crippen LogP) is 1.99. The summed E-state index contributed by atoms with van der Waals surface area (Å²) in [6.07, 6.45) is -4.89. The zero-order valence-corrected chi connectivity index (χ0v) is 10.0. The number of methoxy groups -OCH3 is 1. The highest BCUT2D eigenvalue weighted by Gasteiger charge is 2.42. The zero-order valence-electron chi connectivity index (χ0n) is 10.0.